The van der Waals surface area contributed by atoms with Crippen LogP contribution >= 0.6 is 23.1 Å². The summed E-state index contributed by atoms with van der Waals surface area (Å²) in [6, 6.07) is 2.21. The lowest BCUT2D eigenvalue weighted by atomic mass is 9.87. The van der Waals surface area contributed by atoms with E-state index in [1.807, 2.05) is 13.8 Å². The number of aryl methyl sites for hydroxylation is 2. The summed E-state index contributed by atoms with van der Waals surface area (Å²) < 4.78 is 31.2. The molecule has 0 aromatic carbocycles. The Bertz CT molecular complexity index is 1080. The molecule has 0 aliphatic heterocycles. The number of aromatic nitrogens is 2. The number of aliphatic hydroxyl groups excluding tert-OH is 1. The molecule has 1 atom stereocenters. The smallest absolute Gasteiger partial charge is 0.252 e. The summed E-state index contributed by atoms with van der Waals surface area (Å²) in [6.07, 6.45) is 3.00. The Kier molecular flexibility index (Phi) is 13.0. The molecule has 2 rings (SSSR count). The van der Waals surface area contributed by atoms with Crippen molar-refractivity contribution in [3.63, 3.8) is 0 Å². The van der Waals surface area contributed by atoms with Crippen molar-refractivity contribution in [1.82, 2.24) is 14.6 Å². The van der Waals surface area contributed by atoms with Gasteiger partial charge >= 0.3 is 0 Å². The summed E-state index contributed by atoms with van der Waals surface area (Å²) in [6.45, 7) is 18.9. The molecular weight excluding hydrogens is 518 g/mol. The van der Waals surface area contributed by atoms with Crippen molar-refractivity contribution in [2.45, 2.75) is 74.8 Å². The fraction of sp³-hybridized carbons (Fsp3) is 0.583. The summed E-state index contributed by atoms with van der Waals surface area (Å²) in [7, 11) is -3.75. The number of nitrogens with zero attached hydrogens (tertiary/aromatic N) is 3. The molecule has 2 aromatic rings. The average Bonchev–Trinajstić information content (AvgIpc) is 3.39. The zero-order valence-corrected chi connectivity index (χ0v) is 25.2. The van der Waals surface area contributed by atoms with Gasteiger partial charge in [0.2, 0.25) is 11.6 Å². The molecule has 36 heavy (non-hydrogen) atoms. The Labute approximate surface area is 224 Å². The van der Waals surface area contributed by atoms with Crippen LogP contribution in [0.15, 0.2) is 32.8 Å². The molecule has 0 aliphatic carbocycles. The summed E-state index contributed by atoms with van der Waals surface area (Å²) in [4.78, 5) is 2.49. The van der Waals surface area contributed by atoms with E-state index < -0.39 is 10.0 Å². The number of thioether (sulfide) groups is 1. The van der Waals surface area contributed by atoms with Gasteiger partial charge in [0.15, 0.2) is 4.24 Å². The molecule has 0 aliphatic rings. The normalized spacial score (nSPS) is 13.6. The van der Waals surface area contributed by atoms with Crippen LogP contribution in [-0.2, 0) is 10.0 Å². The minimum Gasteiger partial charge on any atom is -0.514 e. The maximum absolute atomic E-state index is 12.6. The molecule has 0 saturated carbocycles. The van der Waals surface area contributed by atoms with Crippen LogP contribution in [0, 0.1) is 19.3 Å². The summed E-state index contributed by atoms with van der Waals surface area (Å²) in [5.74, 6) is 0.836. The first-order valence-corrected chi connectivity index (χ1v) is 15.1. The fourth-order valence-corrected chi connectivity index (χ4v) is 6.68. The number of hydrogen-bond donors (Lipinski definition) is 3. The topological polar surface area (TPSA) is 121 Å². The number of anilines is 2. The zero-order chi connectivity index (χ0) is 27.5. The summed E-state index contributed by atoms with van der Waals surface area (Å²) in [5, 5.41) is 25.3. The molecule has 204 valence electrons. The van der Waals surface area contributed by atoms with Crippen molar-refractivity contribution < 1.29 is 18.2 Å². The predicted octanol–water partition coefficient (Wildman–Crippen LogP) is 7.01. The first-order chi connectivity index (χ1) is 16.9. The van der Waals surface area contributed by atoms with E-state index >= 15 is 0 Å². The molecular formula is C24H41N5O4S3. The monoisotopic (exact) mass is 559 g/mol. The third-order valence-electron chi connectivity index (χ3n) is 5.02. The number of nitrogens with one attached hydrogen (secondary N) is 2. The number of thiophene rings is 1. The van der Waals surface area contributed by atoms with Gasteiger partial charge in [-0.15, -0.1) is 11.3 Å². The van der Waals surface area contributed by atoms with E-state index in [9.17, 15) is 13.5 Å². The van der Waals surface area contributed by atoms with Gasteiger partial charge < -0.3 is 15.7 Å². The molecule has 0 radical (unpaired) electrons. The molecule has 2 heterocycles. The van der Waals surface area contributed by atoms with Gasteiger partial charge in [0.25, 0.3) is 10.0 Å². The standard InChI is InChI=1S/C22H35N5O4S3.C2H6/c1-8-27(9-2)34(29,30)19(14-28)32-11-10-23-20-21(26-31-25-20)24-17(13-22(5,6)7)18-12-15(3)16(4)33-18;1-2/h10-12,14,17,28H,8-9,13H2,1-7H3,(H,23,25)(H,24,26);1-2H3/b11-10+,19-14-;/t17-;/m1./s1. The number of aliphatic hydroxyl groups is 1. The summed E-state index contributed by atoms with van der Waals surface area (Å²) in [5.41, 5.74) is 1.33. The molecule has 3 N–H and O–H groups in total. The maximum atomic E-state index is 12.6. The van der Waals surface area contributed by atoms with Crippen molar-refractivity contribution in [2.75, 3.05) is 23.7 Å². The molecule has 0 fully saturated rings. The highest BCUT2D eigenvalue weighted by atomic mass is 32.3. The maximum Gasteiger partial charge on any atom is 0.252 e. The molecule has 2 aromatic heterocycles. The van der Waals surface area contributed by atoms with Gasteiger partial charge in [0.1, 0.15) is 6.26 Å². The van der Waals surface area contributed by atoms with Crippen LogP contribution in [0.25, 0.3) is 0 Å². The first kappa shape index (κ1) is 32.0. The molecule has 0 unspecified atom stereocenters. The highest BCUT2D eigenvalue weighted by molar-refractivity contribution is 8.19. The predicted molar refractivity (Wildman–Crippen MR) is 153 cm³/mol. The van der Waals surface area contributed by atoms with Crippen LogP contribution < -0.4 is 10.6 Å². The lowest BCUT2D eigenvalue weighted by molar-refractivity contribution is 0.309. The van der Waals surface area contributed by atoms with Crippen molar-refractivity contribution in [3.05, 3.63) is 43.5 Å². The lowest BCUT2D eigenvalue weighted by Gasteiger charge is -2.26. The number of hydrogen-bond acceptors (Lipinski definition) is 10. The van der Waals surface area contributed by atoms with Crippen LogP contribution in [0.2, 0.25) is 0 Å². The van der Waals surface area contributed by atoms with Crippen molar-refractivity contribution in [3.8, 4) is 0 Å². The quantitative estimate of drug-likeness (QED) is 0.236. The van der Waals surface area contributed by atoms with Crippen LogP contribution in [0.1, 0.15) is 76.2 Å². The van der Waals surface area contributed by atoms with Crippen LogP contribution in [0.4, 0.5) is 11.6 Å². The minimum atomic E-state index is -3.75. The Balaban J connectivity index is 0.00000316. The molecule has 0 amide bonds. The van der Waals surface area contributed by atoms with Gasteiger partial charge in [-0.2, -0.15) is 4.31 Å². The number of rotatable bonds is 12. The van der Waals surface area contributed by atoms with Crippen LogP contribution in [0.5, 0.6) is 0 Å². The Morgan fingerprint density at radius 2 is 1.83 bits per heavy atom. The highest BCUT2D eigenvalue weighted by Crippen LogP contribution is 2.37. The average molecular weight is 560 g/mol. The van der Waals surface area contributed by atoms with E-state index in [4.69, 9.17) is 4.63 Å². The lowest BCUT2D eigenvalue weighted by Crippen LogP contribution is -2.30. The van der Waals surface area contributed by atoms with E-state index in [0.29, 0.717) is 31.0 Å². The van der Waals surface area contributed by atoms with E-state index in [2.05, 4.69) is 61.6 Å². The second-order valence-electron chi connectivity index (χ2n) is 8.91. The summed E-state index contributed by atoms with van der Waals surface area (Å²) >= 11 is 2.64. The van der Waals surface area contributed by atoms with Crippen molar-refractivity contribution in [2.24, 2.45) is 5.41 Å². The number of sulfonamides is 1. The second kappa shape index (κ2) is 14.7. The van der Waals surface area contributed by atoms with Gasteiger partial charge in [0, 0.05) is 29.0 Å². The molecule has 9 nitrogen and oxygen atoms in total. The van der Waals surface area contributed by atoms with Crippen LogP contribution in [0.3, 0.4) is 0 Å². The van der Waals surface area contributed by atoms with Gasteiger partial charge in [0.05, 0.1) is 6.04 Å². The van der Waals surface area contributed by atoms with Crippen molar-refractivity contribution >= 4 is 44.8 Å². The minimum absolute atomic E-state index is 0.0198. The third kappa shape index (κ3) is 9.13. The molecule has 0 saturated heterocycles. The molecule has 0 bridgehead atoms. The third-order valence-corrected chi connectivity index (χ3v) is 9.63. The van der Waals surface area contributed by atoms with Crippen LogP contribution in [-0.4, -0.2) is 41.2 Å². The second-order valence-corrected chi connectivity index (χ2v) is 13.3. The molecule has 0 spiro atoms. The van der Waals surface area contributed by atoms with Gasteiger partial charge in [-0.25, -0.2) is 13.0 Å². The molecule has 12 heteroatoms. The van der Waals surface area contributed by atoms with Crippen molar-refractivity contribution in [1.29, 1.82) is 0 Å². The SMILES string of the molecule is CC.CCN(CC)S(=O)(=O)/C(=C\O)S/C=C/Nc1nonc1N[C@H](CC(C)(C)C)c1cc(C)c(C)s1. The fourth-order valence-electron chi connectivity index (χ4n) is 3.21. The van der Waals surface area contributed by atoms with Gasteiger partial charge in [-0.1, -0.05) is 60.2 Å². The van der Waals surface area contributed by atoms with E-state index in [0.717, 1.165) is 18.2 Å². The van der Waals surface area contributed by atoms with Gasteiger partial charge in [-0.3, -0.25) is 0 Å². The highest BCUT2D eigenvalue weighted by Gasteiger charge is 2.26. The van der Waals surface area contributed by atoms with E-state index in [1.165, 1.54) is 31.2 Å². The van der Waals surface area contributed by atoms with E-state index in [-0.39, 0.29) is 15.7 Å². The first-order valence-electron chi connectivity index (χ1n) is 12.0. The van der Waals surface area contributed by atoms with E-state index in [1.54, 1.807) is 25.2 Å². The Hall–Kier alpha value is -2.02. The zero-order valence-electron chi connectivity index (χ0n) is 22.7. The Morgan fingerprint density at radius 3 is 2.33 bits per heavy atom. The Morgan fingerprint density at radius 1 is 1.22 bits per heavy atom. The largest absolute Gasteiger partial charge is 0.514 e. The van der Waals surface area contributed by atoms with Gasteiger partial charge in [-0.05, 0) is 53.0 Å².